The number of nitrogens with one attached hydrogen (secondary N) is 2. The number of halogens is 3. The van der Waals surface area contributed by atoms with E-state index in [1.54, 1.807) is 55.5 Å². The van der Waals surface area contributed by atoms with Gasteiger partial charge in [-0.15, -0.1) is 12.4 Å². The van der Waals surface area contributed by atoms with E-state index in [2.05, 4.69) is 5.32 Å². The van der Waals surface area contributed by atoms with E-state index in [1.807, 2.05) is 0 Å². The van der Waals surface area contributed by atoms with E-state index < -0.39 is 29.2 Å². The Bertz CT molecular complexity index is 1150. The Morgan fingerprint density at radius 2 is 1.66 bits per heavy atom. The molecule has 0 radical (unpaired) electrons. The number of carbonyl (C=O) groups is 1. The van der Waals surface area contributed by atoms with Gasteiger partial charge < -0.3 is 25.3 Å². The van der Waals surface area contributed by atoms with Gasteiger partial charge in [0.25, 0.3) is 5.91 Å². The minimum absolute atomic E-state index is 0. The van der Waals surface area contributed by atoms with Crippen LogP contribution < -0.4 is 20.5 Å². The van der Waals surface area contributed by atoms with Crippen molar-refractivity contribution in [3.63, 3.8) is 0 Å². The van der Waals surface area contributed by atoms with Crippen molar-refractivity contribution in [1.82, 2.24) is 5.32 Å². The van der Waals surface area contributed by atoms with Crippen LogP contribution in [0.15, 0.2) is 60.7 Å². The van der Waals surface area contributed by atoms with Crippen LogP contribution in [-0.2, 0) is 16.1 Å². The van der Waals surface area contributed by atoms with Gasteiger partial charge in [0.05, 0.1) is 12.7 Å². The van der Waals surface area contributed by atoms with Gasteiger partial charge >= 0.3 is 0 Å². The number of hydrogen-bond donors (Lipinski definition) is 3. The maximum absolute atomic E-state index is 14.9. The van der Waals surface area contributed by atoms with E-state index in [0.717, 1.165) is 17.7 Å². The van der Waals surface area contributed by atoms with Crippen LogP contribution in [0.5, 0.6) is 17.2 Å². The van der Waals surface area contributed by atoms with E-state index in [9.17, 15) is 13.6 Å². The van der Waals surface area contributed by atoms with Crippen LogP contribution in [0.1, 0.15) is 29.7 Å². The highest BCUT2D eigenvalue weighted by Crippen LogP contribution is 2.31. The van der Waals surface area contributed by atoms with Crippen molar-refractivity contribution in [2.24, 2.45) is 5.73 Å². The molecule has 0 fully saturated rings. The van der Waals surface area contributed by atoms with Gasteiger partial charge in [0, 0.05) is 36.9 Å². The molecule has 1 amide bonds. The molecule has 1 unspecified atom stereocenters. The fourth-order valence-corrected chi connectivity index (χ4v) is 3.21. The first-order valence-electron chi connectivity index (χ1n) is 10.5. The number of nitrogens with two attached hydrogens (primary N) is 1. The summed E-state index contributed by atoms with van der Waals surface area (Å²) in [6, 6.07) is 15.2. The third-order valence-corrected chi connectivity index (χ3v) is 4.89. The highest BCUT2D eigenvalue weighted by Gasteiger charge is 2.28. The molecule has 1 atom stereocenters. The predicted octanol–water partition coefficient (Wildman–Crippen LogP) is 4.87. The molecule has 3 aromatic carbocycles. The Morgan fingerprint density at radius 3 is 2.23 bits per heavy atom. The minimum Gasteiger partial charge on any atom is -0.497 e. The summed E-state index contributed by atoms with van der Waals surface area (Å²) in [6.07, 6.45) is -1.49. The van der Waals surface area contributed by atoms with Crippen molar-refractivity contribution in [3.05, 3.63) is 89.0 Å². The van der Waals surface area contributed by atoms with Crippen LogP contribution in [0.25, 0.3) is 0 Å². The number of hydrogen-bond acceptors (Lipinski definition) is 5. The van der Waals surface area contributed by atoms with Gasteiger partial charge in [0.2, 0.25) is 0 Å². The zero-order chi connectivity index (χ0) is 24.7. The number of methoxy groups -OCH3 is 1. The van der Waals surface area contributed by atoms with Crippen molar-refractivity contribution >= 4 is 24.1 Å². The van der Waals surface area contributed by atoms with Gasteiger partial charge in [-0.3, -0.25) is 10.2 Å². The molecule has 10 heteroatoms. The molecule has 0 aliphatic carbocycles. The maximum Gasteiger partial charge on any atom is 0.254 e. The number of ether oxygens (including phenoxy) is 3. The van der Waals surface area contributed by atoms with Crippen LogP contribution >= 0.6 is 12.4 Å². The summed E-state index contributed by atoms with van der Waals surface area (Å²) in [5.74, 6) is -1.93. The van der Waals surface area contributed by atoms with Gasteiger partial charge in [0.1, 0.15) is 34.7 Å². The Balaban J connectivity index is 0.00000432. The highest BCUT2D eigenvalue weighted by molar-refractivity contribution is 5.94. The molecule has 3 rings (SSSR count). The Morgan fingerprint density at radius 1 is 1.03 bits per heavy atom. The predicted molar refractivity (Wildman–Crippen MR) is 130 cm³/mol. The van der Waals surface area contributed by atoms with E-state index >= 15 is 0 Å². The van der Waals surface area contributed by atoms with Crippen LogP contribution in [0.3, 0.4) is 0 Å². The van der Waals surface area contributed by atoms with Crippen molar-refractivity contribution in [2.45, 2.75) is 19.6 Å². The first kappa shape index (κ1) is 27.6. The largest absolute Gasteiger partial charge is 0.497 e. The average Bonchev–Trinajstić information content (AvgIpc) is 2.82. The number of benzene rings is 3. The van der Waals surface area contributed by atoms with Crippen molar-refractivity contribution in [2.75, 3.05) is 13.7 Å². The number of rotatable bonds is 10. The first-order chi connectivity index (χ1) is 16.3. The monoisotopic (exact) mass is 505 g/mol. The third kappa shape index (κ3) is 7.14. The molecule has 35 heavy (non-hydrogen) atoms. The fourth-order valence-electron chi connectivity index (χ4n) is 3.21. The quantitative estimate of drug-likeness (QED) is 0.269. The Kier molecular flexibility index (Phi) is 9.98. The molecule has 0 heterocycles. The second-order valence-electron chi connectivity index (χ2n) is 7.25. The van der Waals surface area contributed by atoms with E-state index in [0.29, 0.717) is 17.1 Å². The number of carbonyl (C=O) groups excluding carboxylic acids is 1. The third-order valence-electron chi connectivity index (χ3n) is 4.89. The lowest BCUT2D eigenvalue weighted by Crippen LogP contribution is -2.31. The average molecular weight is 506 g/mol. The summed E-state index contributed by atoms with van der Waals surface area (Å²) in [5, 5.41) is 10.0. The first-order valence-corrected chi connectivity index (χ1v) is 10.5. The number of nitrogen functional groups attached to an aromatic ring is 1. The van der Waals surface area contributed by atoms with Crippen LogP contribution in [-0.4, -0.2) is 25.5 Å². The van der Waals surface area contributed by atoms with Gasteiger partial charge in [-0.2, -0.15) is 0 Å². The van der Waals surface area contributed by atoms with E-state index in [1.165, 1.54) is 7.11 Å². The molecule has 0 aliphatic heterocycles. The molecule has 7 nitrogen and oxygen atoms in total. The van der Waals surface area contributed by atoms with Crippen LogP contribution in [0.2, 0.25) is 0 Å². The SMILES string of the molecule is CCOC(C(=O)NCc1ccc(C(=N)N)cc1)c1c(F)cc(Oc2cccc(OC)c2)cc1F.Cl. The topological polar surface area (TPSA) is 107 Å². The zero-order valence-electron chi connectivity index (χ0n) is 19.1. The van der Waals surface area contributed by atoms with Gasteiger partial charge in [-0.05, 0) is 24.6 Å². The summed E-state index contributed by atoms with van der Waals surface area (Å²) in [4.78, 5) is 12.8. The molecular weight excluding hydrogens is 480 g/mol. The van der Waals surface area contributed by atoms with E-state index in [4.69, 9.17) is 25.4 Å². The van der Waals surface area contributed by atoms with Crippen molar-refractivity contribution in [1.29, 1.82) is 5.41 Å². The number of amides is 1. The van der Waals surface area contributed by atoms with Gasteiger partial charge in [0.15, 0.2) is 6.10 Å². The van der Waals surface area contributed by atoms with E-state index in [-0.39, 0.29) is 37.1 Å². The lowest BCUT2D eigenvalue weighted by atomic mass is 10.1. The van der Waals surface area contributed by atoms with Crippen LogP contribution in [0, 0.1) is 17.0 Å². The highest BCUT2D eigenvalue weighted by atomic mass is 35.5. The fraction of sp³-hybridized carbons (Fsp3) is 0.200. The molecule has 186 valence electrons. The molecule has 0 spiro atoms. The summed E-state index contributed by atoms with van der Waals surface area (Å²) in [7, 11) is 1.49. The smallest absolute Gasteiger partial charge is 0.254 e. The van der Waals surface area contributed by atoms with Gasteiger partial charge in [-0.1, -0.05) is 30.3 Å². The summed E-state index contributed by atoms with van der Waals surface area (Å²) in [6.45, 7) is 1.78. The normalized spacial score (nSPS) is 11.2. The zero-order valence-corrected chi connectivity index (χ0v) is 20.0. The summed E-state index contributed by atoms with van der Waals surface area (Å²) >= 11 is 0. The molecule has 0 bridgehead atoms. The molecule has 0 aliphatic rings. The van der Waals surface area contributed by atoms with Crippen molar-refractivity contribution in [3.8, 4) is 17.2 Å². The molecule has 4 N–H and O–H groups in total. The molecule has 3 aromatic rings. The number of amidine groups is 1. The Hall–Kier alpha value is -3.69. The molecule has 0 saturated carbocycles. The molecule has 0 saturated heterocycles. The van der Waals surface area contributed by atoms with Crippen molar-refractivity contribution < 1.29 is 27.8 Å². The maximum atomic E-state index is 14.9. The standard InChI is InChI=1S/C25H25F2N3O4.ClH/c1-3-33-23(25(31)30-14-15-7-9-16(10-8-15)24(28)29)22-20(26)12-19(13-21(22)27)34-18-6-4-5-17(11-18)32-2;/h4-13,23H,3,14H2,1-2H3,(H3,28,29)(H,30,31);1H. The lowest BCUT2D eigenvalue weighted by Gasteiger charge is -2.19. The minimum atomic E-state index is -1.49. The summed E-state index contributed by atoms with van der Waals surface area (Å²) in [5.41, 5.74) is 6.18. The molecule has 0 aromatic heterocycles. The second-order valence-corrected chi connectivity index (χ2v) is 7.25. The lowest BCUT2D eigenvalue weighted by molar-refractivity contribution is -0.133. The second kappa shape index (κ2) is 12.7. The van der Waals surface area contributed by atoms with Crippen LogP contribution in [0.4, 0.5) is 8.78 Å². The van der Waals surface area contributed by atoms with Gasteiger partial charge in [-0.25, -0.2) is 8.78 Å². The summed E-state index contributed by atoms with van der Waals surface area (Å²) < 4.78 is 45.9. The Labute approximate surface area is 208 Å². The molecular formula is C25H26ClF2N3O4.